The van der Waals surface area contributed by atoms with Crippen molar-refractivity contribution < 1.29 is 4.74 Å². The van der Waals surface area contributed by atoms with Gasteiger partial charge in [0.25, 0.3) is 0 Å². The van der Waals surface area contributed by atoms with Gasteiger partial charge in [0.15, 0.2) is 0 Å². The van der Waals surface area contributed by atoms with Crippen LogP contribution in [0.25, 0.3) is 22.0 Å². The molecule has 26 heavy (non-hydrogen) atoms. The van der Waals surface area contributed by atoms with Crippen LogP contribution in [-0.2, 0) is 6.42 Å². The number of aromatic amines is 1. The van der Waals surface area contributed by atoms with Crippen LogP contribution in [0.15, 0.2) is 73.2 Å². The Kier molecular flexibility index (Phi) is 4.67. The summed E-state index contributed by atoms with van der Waals surface area (Å²) in [6, 6.07) is 20.9. The number of hydrogen-bond acceptors (Lipinski definition) is 3. The number of nitrogens with one attached hydrogen (secondary N) is 1. The van der Waals surface area contributed by atoms with E-state index in [-0.39, 0.29) is 6.04 Å². The van der Waals surface area contributed by atoms with E-state index < -0.39 is 0 Å². The molecule has 0 amide bonds. The molecule has 3 N–H and O–H groups in total. The number of pyridine rings is 1. The highest BCUT2D eigenvalue weighted by atomic mass is 16.5. The highest BCUT2D eigenvalue weighted by molar-refractivity contribution is 5.83. The molecule has 0 fully saturated rings. The second kappa shape index (κ2) is 7.42. The topological polar surface area (TPSA) is 63.9 Å². The molecule has 1 atom stereocenters. The van der Waals surface area contributed by atoms with E-state index in [2.05, 4.69) is 28.2 Å². The minimum Gasteiger partial charge on any atom is -0.490 e. The van der Waals surface area contributed by atoms with Gasteiger partial charge in [-0.2, -0.15) is 0 Å². The van der Waals surface area contributed by atoms with Crippen LogP contribution >= 0.6 is 0 Å². The van der Waals surface area contributed by atoms with E-state index in [0.29, 0.717) is 6.61 Å². The smallest absolute Gasteiger partial charge is 0.138 e. The van der Waals surface area contributed by atoms with Gasteiger partial charge >= 0.3 is 0 Å². The fourth-order valence-corrected chi connectivity index (χ4v) is 3.08. The molecule has 4 heteroatoms. The summed E-state index contributed by atoms with van der Waals surface area (Å²) < 4.78 is 5.89. The predicted molar refractivity (Wildman–Crippen MR) is 104 cm³/mol. The molecular formula is C22H20N3O. The number of benzene rings is 2. The van der Waals surface area contributed by atoms with Crippen LogP contribution in [0.1, 0.15) is 5.56 Å². The number of hydrogen-bond donors (Lipinski definition) is 2. The van der Waals surface area contributed by atoms with Crippen LogP contribution in [0.3, 0.4) is 0 Å². The fraction of sp³-hybridized carbons (Fsp3) is 0.136. The van der Waals surface area contributed by atoms with Gasteiger partial charge in [-0.1, -0.05) is 42.5 Å². The number of nitrogens with zero attached hydrogens (tertiary/aromatic N) is 1. The zero-order valence-electron chi connectivity index (χ0n) is 14.4. The molecule has 0 aliphatic heterocycles. The van der Waals surface area contributed by atoms with Gasteiger partial charge in [-0.3, -0.25) is 4.98 Å². The van der Waals surface area contributed by atoms with E-state index in [1.165, 1.54) is 10.9 Å². The summed E-state index contributed by atoms with van der Waals surface area (Å²) in [6.07, 6.45) is 6.33. The number of ether oxygens (including phenoxy) is 1. The third-order valence-corrected chi connectivity index (χ3v) is 4.39. The van der Waals surface area contributed by atoms with Crippen LogP contribution < -0.4 is 10.5 Å². The largest absolute Gasteiger partial charge is 0.490 e. The third kappa shape index (κ3) is 3.60. The summed E-state index contributed by atoms with van der Waals surface area (Å²) in [7, 11) is 0. The summed E-state index contributed by atoms with van der Waals surface area (Å²) in [5.74, 6) is 0.727. The van der Waals surface area contributed by atoms with E-state index >= 15 is 0 Å². The maximum Gasteiger partial charge on any atom is 0.138 e. The van der Waals surface area contributed by atoms with Crippen LogP contribution in [0.2, 0.25) is 0 Å². The summed E-state index contributed by atoms with van der Waals surface area (Å²) in [6.45, 7) is 0.438. The quantitative estimate of drug-likeness (QED) is 0.557. The van der Waals surface area contributed by atoms with E-state index in [1.807, 2.05) is 54.9 Å². The number of fused-ring (bicyclic) bond motifs is 1. The van der Waals surface area contributed by atoms with Crippen molar-refractivity contribution in [3.05, 3.63) is 84.8 Å². The Labute approximate surface area is 152 Å². The monoisotopic (exact) mass is 342 g/mol. The lowest BCUT2D eigenvalue weighted by Crippen LogP contribution is -2.30. The van der Waals surface area contributed by atoms with Crippen molar-refractivity contribution in [2.24, 2.45) is 5.73 Å². The van der Waals surface area contributed by atoms with Crippen molar-refractivity contribution >= 4 is 10.9 Å². The second-order valence-corrected chi connectivity index (χ2v) is 6.33. The Bertz CT molecular complexity index is 994. The normalized spacial score (nSPS) is 12.2. The van der Waals surface area contributed by atoms with E-state index in [4.69, 9.17) is 10.5 Å². The highest BCUT2D eigenvalue weighted by Gasteiger charge is 2.10. The summed E-state index contributed by atoms with van der Waals surface area (Å²) in [5.41, 5.74) is 10.7. The van der Waals surface area contributed by atoms with Gasteiger partial charge in [0, 0.05) is 34.9 Å². The number of H-pyrrole nitrogens is 1. The third-order valence-electron chi connectivity index (χ3n) is 4.39. The molecule has 4 aromatic rings. The first-order chi connectivity index (χ1) is 12.8. The summed E-state index contributed by atoms with van der Waals surface area (Å²) >= 11 is 0. The van der Waals surface area contributed by atoms with Crippen molar-refractivity contribution in [3.63, 3.8) is 0 Å². The fourth-order valence-electron chi connectivity index (χ4n) is 3.08. The molecule has 129 valence electrons. The lowest BCUT2D eigenvalue weighted by molar-refractivity contribution is 0.287. The van der Waals surface area contributed by atoms with Gasteiger partial charge in [-0.25, -0.2) is 0 Å². The first-order valence-corrected chi connectivity index (χ1v) is 8.64. The predicted octanol–water partition coefficient (Wildman–Crippen LogP) is 3.98. The van der Waals surface area contributed by atoms with Crippen molar-refractivity contribution in [2.45, 2.75) is 12.5 Å². The zero-order chi connectivity index (χ0) is 17.8. The second-order valence-electron chi connectivity index (χ2n) is 6.33. The Hall–Kier alpha value is -3.11. The van der Waals surface area contributed by atoms with Gasteiger partial charge in [-0.15, -0.1) is 0 Å². The molecule has 2 heterocycles. The molecule has 0 unspecified atom stereocenters. The first kappa shape index (κ1) is 16.4. The Morgan fingerprint density at radius 2 is 1.92 bits per heavy atom. The molecule has 1 radical (unpaired) electrons. The molecule has 0 aliphatic carbocycles. The van der Waals surface area contributed by atoms with Gasteiger partial charge in [0.1, 0.15) is 12.4 Å². The minimum atomic E-state index is -0.0933. The van der Waals surface area contributed by atoms with Crippen LogP contribution in [0.4, 0.5) is 0 Å². The lowest BCUT2D eigenvalue weighted by atomic mass is 10.1. The molecule has 4 nitrogen and oxygen atoms in total. The summed E-state index contributed by atoms with van der Waals surface area (Å²) in [4.78, 5) is 7.56. The first-order valence-electron chi connectivity index (χ1n) is 8.64. The van der Waals surface area contributed by atoms with E-state index in [9.17, 15) is 0 Å². The van der Waals surface area contributed by atoms with Gasteiger partial charge in [0.2, 0.25) is 0 Å². The zero-order valence-corrected chi connectivity index (χ0v) is 14.4. The van der Waals surface area contributed by atoms with Gasteiger partial charge in [-0.05, 0) is 35.7 Å². The Morgan fingerprint density at radius 1 is 1.08 bits per heavy atom. The molecule has 0 bridgehead atoms. The van der Waals surface area contributed by atoms with E-state index in [1.54, 1.807) is 6.20 Å². The van der Waals surface area contributed by atoms with E-state index in [0.717, 1.165) is 28.8 Å². The Balaban J connectivity index is 1.41. The summed E-state index contributed by atoms with van der Waals surface area (Å²) in [5, 5.41) is 1.22. The van der Waals surface area contributed by atoms with Gasteiger partial charge < -0.3 is 15.5 Å². The van der Waals surface area contributed by atoms with Crippen LogP contribution in [0.5, 0.6) is 5.75 Å². The van der Waals surface area contributed by atoms with Gasteiger partial charge in [0.05, 0.1) is 6.20 Å². The molecule has 0 saturated heterocycles. The maximum absolute atomic E-state index is 6.29. The maximum atomic E-state index is 6.29. The van der Waals surface area contributed by atoms with Crippen molar-refractivity contribution in [2.75, 3.05) is 6.61 Å². The van der Waals surface area contributed by atoms with Crippen LogP contribution in [-0.4, -0.2) is 22.6 Å². The highest BCUT2D eigenvalue weighted by Crippen LogP contribution is 2.23. The molecule has 2 aromatic heterocycles. The SMILES string of the molecule is N[C@@H](COc1cncc(-c2cc[c]cc2)c1)Cc1c[nH]c2ccccc12. The molecule has 0 saturated carbocycles. The number of rotatable bonds is 6. The average Bonchev–Trinajstić information content (AvgIpc) is 3.10. The van der Waals surface area contributed by atoms with Crippen molar-refractivity contribution in [1.29, 1.82) is 0 Å². The number of para-hydroxylation sites is 1. The standard InChI is InChI=1S/C22H20N3O/c23-19(10-18-13-25-22-9-5-4-8-21(18)22)15-26-20-11-17(12-24-14-20)16-6-2-1-3-7-16/h2-9,11-14,19,25H,10,15,23H2/t19-/m1/s1. The average molecular weight is 342 g/mol. The number of aromatic nitrogens is 2. The lowest BCUT2D eigenvalue weighted by Gasteiger charge is -2.13. The molecule has 2 aromatic carbocycles. The number of nitrogens with two attached hydrogens (primary N) is 1. The molecule has 0 spiro atoms. The van der Waals surface area contributed by atoms with Crippen molar-refractivity contribution in [1.82, 2.24) is 9.97 Å². The Morgan fingerprint density at radius 3 is 2.81 bits per heavy atom. The molecule has 0 aliphatic rings. The molecular weight excluding hydrogens is 322 g/mol. The molecule has 4 rings (SSSR count). The minimum absolute atomic E-state index is 0.0933. The van der Waals surface area contributed by atoms with Crippen molar-refractivity contribution in [3.8, 4) is 16.9 Å². The van der Waals surface area contributed by atoms with Crippen LogP contribution in [0, 0.1) is 6.07 Å².